The predicted octanol–water partition coefficient (Wildman–Crippen LogP) is 4.20. The number of halogens is 3. The zero-order valence-electron chi connectivity index (χ0n) is 18.6. The molecule has 1 unspecified atom stereocenters. The Kier molecular flexibility index (Phi) is 7.99. The monoisotopic (exact) mass is 547 g/mol. The van der Waals surface area contributed by atoms with Crippen LogP contribution in [0.2, 0.25) is 15.3 Å². The van der Waals surface area contributed by atoms with Gasteiger partial charge >= 0.3 is 0 Å². The van der Waals surface area contributed by atoms with Gasteiger partial charge in [0.2, 0.25) is 21.2 Å². The third-order valence-electron chi connectivity index (χ3n) is 6.88. The van der Waals surface area contributed by atoms with Crippen LogP contribution in [-0.4, -0.2) is 47.9 Å². The van der Waals surface area contributed by atoms with E-state index in [0.717, 1.165) is 12.8 Å². The molecule has 2 aromatic rings. The maximum atomic E-state index is 13.6. The first-order valence-corrected chi connectivity index (χ1v) is 14.0. The number of nitrogens with zero attached hydrogens (tertiary/aromatic N) is 3. The van der Waals surface area contributed by atoms with Gasteiger partial charge in [0, 0.05) is 32.0 Å². The van der Waals surface area contributed by atoms with Gasteiger partial charge in [0.25, 0.3) is 0 Å². The highest BCUT2D eigenvalue weighted by Crippen LogP contribution is 2.36. The molecule has 1 aliphatic carbocycles. The van der Waals surface area contributed by atoms with E-state index in [1.807, 2.05) is 0 Å². The van der Waals surface area contributed by atoms with Crippen LogP contribution in [0.4, 0.5) is 5.69 Å². The molecule has 186 valence electrons. The van der Waals surface area contributed by atoms with Crippen molar-refractivity contribution in [2.75, 3.05) is 18.8 Å². The fourth-order valence-corrected chi connectivity index (χ4v) is 7.06. The molecule has 2 fully saturated rings. The third-order valence-corrected chi connectivity index (χ3v) is 9.28. The standard InChI is InChI=1S/C22H28Cl3N5O3S/c23-17-11-16(12-18(24)20(17)26)34(32,33)28-19(6-9-29-10-7-27-22(29)25)21(31)30-8-5-14-3-1-2-4-15(14)13-30/h7,10-12,14-15,19,28H,1-6,8-9,13,26H2/t14-,15+,19?/m1/s1. The lowest BCUT2D eigenvalue weighted by Crippen LogP contribution is -2.53. The van der Waals surface area contributed by atoms with Crippen molar-refractivity contribution in [1.29, 1.82) is 0 Å². The summed E-state index contributed by atoms with van der Waals surface area (Å²) in [6.45, 7) is 1.61. The zero-order chi connectivity index (χ0) is 24.5. The second-order valence-electron chi connectivity index (χ2n) is 9.03. The molecular weight excluding hydrogens is 521 g/mol. The Labute approximate surface area is 214 Å². The van der Waals surface area contributed by atoms with Crippen LogP contribution >= 0.6 is 34.8 Å². The fraction of sp³-hybridized carbons (Fsp3) is 0.545. The number of hydrogen-bond acceptors (Lipinski definition) is 5. The van der Waals surface area contributed by atoms with Gasteiger partial charge in [-0.05, 0) is 54.8 Å². The Morgan fingerprint density at radius 3 is 2.47 bits per heavy atom. The van der Waals surface area contributed by atoms with Crippen molar-refractivity contribution in [3.05, 3.63) is 39.9 Å². The maximum absolute atomic E-state index is 13.6. The molecule has 2 heterocycles. The lowest BCUT2D eigenvalue weighted by atomic mass is 9.75. The summed E-state index contributed by atoms with van der Waals surface area (Å²) in [5.41, 5.74) is 5.85. The second-order valence-corrected chi connectivity index (χ2v) is 11.9. The largest absolute Gasteiger partial charge is 0.396 e. The number of imidazole rings is 1. The number of aryl methyl sites for hydroxylation is 1. The molecule has 34 heavy (non-hydrogen) atoms. The van der Waals surface area contributed by atoms with Crippen molar-refractivity contribution in [3.8, 4) is 0 Å². The Morgan fingerprint density at radius 2 is 1.82 bits per heavy atom. The molecule has 0 radical (unpaired) electrons. The maximum Gasteiger partial charge on any atom is 0.241 e. The fourth-order valence-electron chi connectivity index (χ4n) is 4.97. The Hall–Kier alpha value is -1.52. The highest BCUT2D eigenvalue weighted by atomic mass is 35.5. The highest BCUT2D eigenvalue weighted by molar-refractivity contribution is 7.89. The van der Waals surface area contributed by atoms with E-state index in [1.165, 1.54) is 31.4 Å². The number of fused-ring (bicyclic) bond motifs is 1. The smallest absolute Gasteiger partial charge is 0.241 e. The summed E-state index contributed by atoms with van der Waals surface area (Å²) in [5.74, 6) is 0.884. The number of likely N-dealkylation sites (tertiary alicyclic amines) is 1. The minimum absolute atomic E-state index is 0.0281. The van der Waals surface area contributed by atoms with E-state index in [2.05, 4.69) is 9.71 Å². The molecule has 4 rings (SSSR count). The van der Waals surface area contributed by atoms with Crippen molar-refractivity contribution < 1.29 is 13.2 Å². The summed E-state index contributed by atoms with van der Waals surface area (Å²) in [5, 5.41) is 0.329. The molecule has 1 amide bonds. The number of hydrogen-bond donors (Lipinski definition) is 2. The molecule has 0 spiro atoms. The molecule has 1 saturated heterocycles. The number of aromatic nitrogens is 2. The Morgan fingerprint density at radius 1 is 1.15 bits per heavy atom. The average molecular weight is 549 g/mol. The number of rotatable bonds is 7. The first kappa shape index (κ1) is 25.6. The number of benzene rings is 1. The number of nitrogens with two attached hydrogens (primary N) is 1. The summed E-state index contributed by atoms with van der Waals surface area (Å²) in [7, 11) is -4.11. The van der Waals surface area contributed by atoms with E-state index in [9.17, 15) is 13.2 Å². The van der Waals surface area contributed by atoms with Crippen molar-refractivity contribution >= 4 is 56.4 Å². The van der Waals surface area contributed by atoms with Gasteiger partial charge in [-0.1, -0.05) is 42.5 Å². The van der Waals surface area contributed by atoms with E-state index in [-0.39, 0.29) is 38.2 Å². The van der Waals surface area contributed by atoms with Gasteiger partial charge in [-0.3, -0.25) is 4.79 Å². The predicted molar refractivity (Wildman–Crippen MR) is 133 cm³/mol. The Bertz CT molecular complexity index is 1130. The van der Waals surface area contributed by atoms with Crippen LogP contribution < -0.4 is 10.5 Å². The number of piperidine rings is 1. The van der Waals surface area contributed by atoms with Gasteiger partial charge in [-0.25, -0.2) is 13.4 Å². The number of nitrogens with one attached hydrogen (secondary N) is 1. The minimum atomic E-state index is -4.11. The average Bonchev–Trinajstić information content (AvgIpc) is 3.23. The number of carbonyl (C=O) groups excluding carboxylic acids is 1. The molecule has 1 aliphatic heterocycles. The first-order valence-electron chi connectivity index (χ1n) is 11.4. The molecule has 3 atom stereocenters. The third kappa shape index (κ3) is 5.65. The number of sulfonamides is 1. The summed E-state index contributed by atoms with van der Waals surface area (Å²) >= 11 is 18.2. The zero-order valence-corrected chi connectivity index (χ0v) is 21.7. The van der Waals surface area contributed by atoms with Crippen LogP contribution in [0.15, 0.2) is 29.4 Å². The molecule has 12 heteroatoms. The Balaban J connectivity index is 1.56. The van der Waals surface area contributed by atoms with Gasteiger partial charge in [0.05, 0.1) is 20.6 Å². The van der Waals surface area contributed by atoms with E-state index >= 15 is 0 Å². The van der Waals surface area contributed by atoms with Crippen LogP contribution in [0.3, 0.4) is 0 Å². The number of nitrogen functional groups attached to an aromatic ring is 1. The van der Waals surface area contributed by atoms with E-state index in [0.29, 0.717) is 31.5 Å². The highest BCUT2D eigenvalue weighted by Gasteiger charge is 2.36. The van der Waals surface area contributed by atoms with Crippen LogP contribution in [0, 0.1) is 11.8 Å². The van der Waals surface area contributed by atoms with Crippen molar-refractivity contribution in [2.24, 2.45) is 11.8 Å². The number of anilines is 1. The van der Waals surface area contributed by atoms with E-state index < -0.39 is 16.1 Å². The molecule has 2 aliphatic rings. The molecule has 1 saturated carbocycles. The molecule has 1 aromatic heterocycles. The van der Waals surface area contributed by atoms with Gasteiger partial charge in [0.1, 0.15) is 6.04 Å². The van der Waals surface area contributed by atoms with Gasteiger partial charge in [0.15, 0.2) is 0 Å². The van der Waals surface area contributed by atoms with Crippen LogP contribution in [0.5, 0.6) is 0 Å². The number of carbonyl (C=O) groups is 1. The van der Waals surface area contributed by atoms with Crippen LogP contribution in [0.25, 0.3) is 0 Å². The topological polar surface area (TPSA) is 110 Å². The van der Waals surface area contributed by atoms with Crippen LogP contribution in [0.1, 0.15) is 38.5 Å². The number of amides is 1. The SMILES string of the molecule is Nc1c(Cl)cc(S(=O)(=O)NC(CCn2ccnc2Cl)C(=O)N2CC[C@H]3CCCC[C@H]3C2)cc1Cl. The van der Waals surface area contributed by atoms with Crippen molar-refractivity contribution in [1.82, 2.24) is 19.2 Å². The normalized spacial score (nSPS) is 21.8. The van der Waals surface area contributed by atoms with Gasteiger partial charge < -0.3 is 15.2 Å². The molecular formula is C22H28Cl3N5O3S. The van der Waals surface area contributed by atoms with Gasteiger partial charge in [-0.15, -0.1) is 0 Å². The lowest BCUT2D eigenvalue weighted by Gasteiger charge is -2.42. The lowest BCUT2D eigenvalue weighted by molar-refractivity contribution is -0.136. The van der Waals surface area contributed by atoms with Crippen LogP contribution in [-0.2, 0) is 21.4 Å². The minimum Gasteiger partial charge on any atom is -0.396 e. The van der Waals surface area contributed by atoms with E-state index in [1.54, 1.807) is 21.9 Å². The van der Waals surface area contributed by atoms with Gasteiger partial charge in [-0.2, -0.15) is 4.72 Å². The van der Waals surface area contributed by atoms with E-state index in [4.69, 9.17) is 40.5 Å². The summed E-state index contributed by atoms with van der Waals surface area (Å²) in [6, 6.07) is 1.47. The molecule has 0 bridgehead atoms. The van der Waals surface area contributed by atoms with Crippen molar-refractivity contribution in [3.63, 3.8) is 0 Å². The quantitative estimate of drug-likeness (QED) is 0.504. The molecule has 3 N–H and O–H groups in total. The molecule has 8 nitrogen and oxygen atoms in total. The summed E-state index contributed by atoms with van der Waals surface area (Å²) in [4.78, 5) is 19.2. The summed E-state index contributed by atoms with van der Waals surface area (Å²) in [6.07, 6.45) is 9.13. The van der Waals surface area contributed by atoms with Crippen molar-refractivity contribution in [2.45, 2.75) is 56.0 Å². The first-order chi connectivity index (χ1) is 16.2. The molecule has 1 aromatic carbocycles. The second kappa shape index (κ2) is 10.6. The summed E-state index contributed by atoms with van der Waals surface area (Å²) < 4.78 is 30.7.